The van der Waals surface area contributed by atoms with Crippen LogP contribution in [0.1, 0.15) is 51.4 Å². The second kappa shape index (κ2) is 5.26. The van der Waals surface area contributed by atoms with Crippen LogP contribution in [0.15, 0.2) is 0 Å². The Kier molecular flexibility index (Phi) is 3.90. The summed E-state index contributed by atoms with van der Waals surface area (Å²) in [6, 6.07) is -0.635. The Labute approximate surface area is 107 Å². The van der Waals surface area contributed by atoms with Gasteiger partial charge in [-0.15, -0.1) is 0 Å². The molecule has 2 fully saturated rings. The minimum absolute atomic E-state index is 0.0794. The zero-order valence-electron chi connectivity index (χ0n) is 10.7. The number of carboxylic acid groups (broad SMARTS) is 1. The molecule has 1 heterocycles. The summed E-state index contributed by atoms with van der Waals surface area (Å²) in [7, 11) is 0. The van der Waals surface area contributed by atoms with Crippen LogP contribution in [0.25, 0.3) is 0 Å². The van der Waals surface area contributed by atoms with Crippen molar-refractivity contribution < 1.29 is 14.7 Å². The van der Waals surface area contributed by atoms with E-state index < -0.39 is 17.6 Å². The molecule has 0 aromatic heterocycles. The molecular formula is C13H22N2O3. The molecule has 0 aromatic rings. The van der Waals surface area contributed by atoms with Crippen LogP contribution >= 0.6 is 0 Å². The Bertz CT molecular complexity index is 337. The summed E-state index contributed by atoms with van der Waals surface area (Å²) in [5, 5.41) is 9.08. The molecule has 2 aliphatic rings. The van der Waals surface area contributed by atoms with Crippen LogP contribution in [0.4, 0.5) is 0 Å². The molecule has 1 aliphatic heterocycles. The average Bonchev–Trinajstić information content (AvgIpc) is 2.78. The molecule has 0 bridgehead atoms. The number of likely N-dealkylation sites (tertiary alicyclic amines) is 1. The Morgan fingerprint density at radius 3 is 2.50 bits per heavy atom. The maximum atomic E-state index is 12.2. The molecule has 18 heavy (non-hydrogen) atoms. The van der Waals surface area contributed by atoms with E-state index in [2.05, 4.69) is 0 Å². The van der Waals surface area contributed by atoms with E-state index in [9.17, 15) is 9.59 Å². The minimum Gasteiger partial charge on any atom is -0.480 e. The highest BCUT2D eigenvalue weighted by Gasteiger charge is 2.38. The van der Waals surface area contributed by atoms with Gasteiger partial charge in [-0.05, 0) is 25.7 Å². The fraction of sp³-hybridized carbons (Fsp3) is 0.846. The van der Waals surface area contributed by atoms with Crippen molar-refractivity contribution in [3.05, 3.63) is 0 Å². The van der Waals surface area contributed by atoms with Gasteiger partial charge in [-0.2, -0.15) is 0 Å². The molecule has 2 rings (SSSR count). The smallest absolute Gasteiger partial charge is 0.326 e. The van der Waals surface area contributed by atoms with Gasteiger partial charge in [0.15, 0.2) is 0 Å². The number of rotatable bonds is 3. The lowest BCUT2D eigenvalue weighted by molar-refractivity contribution is -0.148. The number of carbonyl (C=O) groups is 2. The Balaban J connectivity index is 1.96. The first-order valence-corrected chi connectivity index (χ1v) is 6.83. The molecule has 1 aliphatic carbocycles. The number of carboxylic acids is 1. The van der Waals surface area contributed by atoms with E-state index >= 15 is 0 Å². The van der Waals surface area contributed by atoms with Crippen molar-refractivity contribution in [2.24, 2.45) is 5.73 Å². The molecule has 0 aromatic carbocycles. The Morgan fingerprint density at radius 1 is 1.22 bits per heavy atom. The third-order valence-electron chi connectivity index (χ3n) is 4.21. The number of nitrogens with two attached hydrogens (primary N) is 1. The van der Waals surface area contributed by atoms with Gasteiger partial charge in [0, 0.05) is 18.5 Å². The van der Waals surface area contributed by atoms with Crippen molar-refractivity contribution in [1.29, 1.82) is 0 Å². The van der Waals surface area contributed by atoms with Crippen molar-refractivity contribution >= 4 is 11.9 Å². The summed E-state index contributed by atoms with van der Waals surface area (Å²) >= 11 is 0. The van der Waals surface area contributed by atoms with Gasteiger partial charge in [-0.25, -0.2) is 4.79 Å². The number of hydrogen-bond donors (Lipinski definition) is 2. The normalized spacial score (nSPS) is 27.2. The maximum Gasteiger partial charge on any atom is 0.326 e. The van der Waals surface area contributed by atoms with E-state index in [1.54, 1.807) is 0 Å². The van der Waals surface area contributed by atoms with Gasteiger partial charge in [0.25, 0.3) is 0 Å². The molecule has 5 nitrogen and oxygen atoms in total. The highest BCUT2D eigenvalue weighted by atomic mass is 16.4. The first-order valence-electron chi connectivity index (χ1n) is 6.83. The van der Waals surface area contributed by atoms with Crippen molar-refractivity contribution in [2.45, 2.75) is 62.9 Å². The van der Waals surface area contributed by atoms with Gasteiger partial charge in [-0.3, -0.25) is 4.79 Å². The van der Waals surface area contributed by atoms with E-state index in [-0.39, 0.29) is 5.91 Å². The number of carbonyl (C=O) groups excluding carboxylic acids is 1. The zero-order valence-corrected chi connectivity index (χ0v) is 10.7. The molecule has 0 radical (unpaired) electrons. The third kappa shape index (κ3) is 2.83. The van der Waals surface area contributed by atoms with Gasteiger partial charge in [0.2, 0.25) is 5.91 Å². The van der Waals surface area contributed by atoms with E-state index in [0.717, 1.165) is 32.1 Å². The quantitative estimate of drug-likeness (QED) is 0.790. The van der Waals surface area contributed by atoms with Crippen LogP contribution < -0.4 is 5.73 Å². The van der Waals surface area contributed by atoms with Crippen LogP contribution in [-0.4, -0.2) is 40.0 Å². The van der Waals surface area contributed by atoms with Crippen LogP contribution in [0.3, 0.4) is 0 Å². The van der Waals surface area contributed by atoms with Crippen molar-refractivity contribution in [2.75, 3.05) is 6.54 Å². The number of nitrogens with zero attached hydrogens (tertiary/aromatic N) is 1. The van der Waals surface area contributed by atoms with Gasteiger partial charge in [0.1, 0.15) is 6.04 Å². The zero-order chi connectivity index (χ0) is 13.2. The lowest BCUT2D eigenvalue weighted by atomic mass is 9.80. The highest BCUT2D eigenvalue weighted by molar-refractivity contribution is 5.84. The Morgan fingerprint density at radius 2 is 1.89 bits per heavy atom. The average molecular weight is 254 g/mol. The van der Waals surface area contributed by atoms with Gasteiger partial charge < -0.3 is 15.7 Å². The lowest BCUT2D eigenvalue weighted by Crippen LogP contribution is -2.49. The molecule has 5 heteroatoms. The highest BCUT2D eigenvalue weighted by Crippen LogP contribution is 2.30. The van der Waals surface area contributed by atoms with Gasteiger partial charge in [-0.1, -0.05) is 19.3 Å². The van der Waals surface area contributed by atoms with Crippen LogP contribution in [-0.2, 0) is 9.59 Å². The van der Waals surface area contributed by atoms with E-state index in [0.29, 0.717) is 19.4 Å². The van der Waals surface area contributed by atoms with Crippen molar-refractivity contribution in [1.82, 2.24) is 4.90 Å². The number of hydrogen-bond acceptors (Lipinski definition) is 3. The standard InChI is InChI=1S/C13H22N2O3/c14-13(6-2-1-3-7-13)9-11(16)15-8-4-5-10(15)12(17)18/h10H,1-9,14H2,(H,17,18)/t10-/m1/s1. The molecule has 102 valence electrons. The first-order chi connectivity index (χ1) is 8.52. The summed E-state index contributed by atoms with van der Waals surface area (Å²) in [6.07, 6.45) is 6.75. The number of amides is 1. The predicted octanol–water partition coefficient (Wildman–Crippen LogP) is 1.11. The molecule has 1 amide bonds. The third-order valence-corrected chi connectivity index (χ3v) is 4.21. The van der Waals surface area contributed by atoms with Crippen molar-refractivity contribution in [3.63, 3.8) is 0 Å². The molecule has 3 N–H and O–H groups in total. The monoisotopic (exact) mass is 254 g/mol. The molecule has 1 atom stereocenters. The maximum absolute atomic E-state index is 12.2. The largest absolute Gasteiger partial charge is 0.480 e. The molecule has 1 saturated heterocycles. The summed E-state index contributed by atoms with van der Waals surface area (Å²) < 4.78 is 0. The molecule has 0 spiro atoms. The van der Waals surface area contributed by atoms with E-state index in [1.165, 1.54) is 11.3 Å². The SMILES string of the molecule is NC1(CC(=O)N2CCC[C@@H]2C(=O)O)CCCCC1. The predicted molar refractivity (Wildman–Crippen MR) is 67.0 cm³/mol. The fourth-order valence-electron chi connectivity index (χ4n) is 3.16. The number of aliphatic carboxylic acids is 1. The first kappa shape index (κ1) is 13.3. The van der Waals surface area contributed by atoms with Crippen LogP contribution in [0.5, 0.6) is 0 Å². The molecule has 0 unspecified atom stereocenters. The summed E-state index contributed by atoms with van der Waals surface area (Å²) in [5.74, 6) is -0.972. The summed E-state index contributed by atoms with van der Waals surface area (Å²) in [5.41, 5.74) is 5.85. The fourth-order valence-corrected chi connectivity index (χ4v) is 3.16. The van der Waals surface area contributed by atoms with Gasteiger partial charge >= 0.3 is 5.97 Å². The van der Waals surface area contributed by atoms with Crippen molar-refractivity contribution in [3.8, 4) is 0 Å². The summed E-state index contributed by atoms with van der Waals surface area (Å²) in [6.45, 7) is 0.561. The van der Waals surface area contributed by atoms with E-state index in [4.69, 9.17) is 10.8 Å². The summed E-state index contributed by atoms with van der Waals surface area (Å²) in [4.78, 5) is 24.8. The molecule has 1 saturated carbocycles. The topological polar surface area (TPSA) is 83.6 Å². The minimum atomic E-state index is -0.893. The van der Waals surface area contributed by atoms with Crippen LogP contribution in [0.2, 0.25) is 0 Å². The van der Waals surface area contributed by atoms with Gasteiger partial charge in [0.05, 0.1) is 0 Å². The van der Waals surface area contributed by atoms with Crippen LogP contribution in [0, 0.1) is 0 Å². The molecular weight excluding hydrogens is 232 g/mol. The lowest BCUT2D eigenvalue weighted by Gasteiger charge is -2.34. The second-order valence-corrected chi connectivity index (χ2v) is 5.68. The second-order valence-electron chi connectivity index (χ2n) is 5.68. The van der Waals surface area contributed by atoms with E-state index in [1.807, 2.05) is 0 Å². The Hall–Kier alpha value is -1.10.